The van der Waals surface area contributed by atoms with Gasteiger partial charge in [-0.3, -0.25) is 0 Å². The van der Waals surface area contributed by atoms with Crippen molar-refractivity contribution in [1.29, 1.82) is 0 Å². The van der Waals surface area contributed by atoms with Crippen LogP contribution in [0.4, 0.5) is 0 Å². The molecular formula is C9H21NO2. The van der Waals surface area contributed by atoms with Crippen molar-refractivity contribution >= 4 is 0 Å². The maximum Gasteiger partial charge on any atom is 0.0737 e. The lowest BCUT2D eigenvalue weighted by molar-refractivity contribution is 0.0367. The van der Waals surface area contributed by atoms with E-state index in [2.05, 4.69) is 5.32 Å². The Kier molecular flexibility index (Phi) is 6.34. The van der Waals surface area contributed by atoms with Gasteiger partial charge in [-0.15, -0.1) is 0 Å². The number of hydrogen-bond acceptors (Lipinski definition) is 3. The molecule has 0 saturated heterocycles. The highest BCUT2D eigenvalue weighted by molar-refractivity contribution is 4.75. The summed E-state index contributed by atoms with van der Waals surface area (Å²) in [7, 11) is 1.65. The third kappa shape index (κ3) is 4.04. The molecule has 12 heavy (non-hydrogen) atoms. The van der Waals surface area contributed by atoms with Gasteiger partial charge in [-0.05, 0) is 13.5 Å². The second-order valence-corrected chi connectivity index (χ2v) is 3.27. The van der Waals surface area contributed by atoms with Gasteiger partial charge in [0, 0.05) is 19.1 Å². The zero-order chi connectivity index (χ0) is 9.56. The van der Waals surface area contributed by atoms with Crippen LogP contribution >= 0.6 is 0 Å². The van der Waals surface area contributed by atoms with Crippen LogP contribution in [0.25, 0.3) is 0 Å². The maximum absolute atomic E-state index is 9.71. The van der Waals surface area contributed by atoms with Gasteiger partial charge in [-0.1, -0.05) is 13.8 Å². The molecule has 0 amide bonds. The highest BCUT2D eigenvalue weighted by Crippen LogP contribution is 2.07. The summed E-state index contributed by atoms with van der Waals surface area (Å²) in [4.78, 5) is 0. The Balaban J connectivity index is 3.73. The molecule has 74 valence electrons. The van der Waals surface area contributed by atoms with Gasteiger partial charge in [0.2, 0.25) is 0 Å². The molecule has 0 aliphatic heterocycles. The summed E-state index contributed by atoms with van der Waals surface area (Å²) in [6, 6.07) is 0.139. The summed E-state index contributed by atoms with van der Waals surface area (Å²) in [5, 5.41) is 12.9. The Morgan fingerprint density at radius 3 is 2.42 bits per heavy atom. The van der Waals surface area contributed by atoms with Gasteiger partial charge in [0.15, 0.2) is 0 Å². The van der Waals surface area contributed by atoms with Gasteiger partial charge in [0.1, 0.15) is 0 Å². The molecule has 0 aromatic heterocycles. The average molecular weight is 175 g/mol. The third-order valence-corrected chi connectivity index (χ3v) is 2.05. The Morgan fingerprint density at radius 2 is 2.00 bits per heavy atom. The first-order chi connectivity index (χ1) is 5.63. The van der Waals surface area contributed by atoms with Crippen LogP contribution in [0.2, 0.25) is 0 Å². The van der Waals surface area contributed by atoms with Gasteiger partial charge in [-0.25, -0.2) is 0 Å². The van der Waals surface area contributed by atoms with Crippen LogP contribution in [0.15, 0.2) is 0 Å². The van der Waals surface area contributed by atoms with Gasteiger partial charge >= 0.3 is 0 Å². The highest BCUT2D eigenvalue weighted by Gasteiger charge is 2.19. The van der Waals surface area contributed by atoms with Crippen LogP contribution < -0.4 is 5.32 Å². The van der Waals surface area contributed by atoms with Crippen LogP contribution in [0, 0.1) is 5.92 Å². The van der Waals surface area contributed by atoms with E-state index in [0.717, 1.165) is 6.54 Å². The number of rotatable bonds is 6. The van der Waals surface area contributed by atoms with Crippen LogP contribution in [0.5, 0.6) is 0 Å². The van der Waals surface area contributed by atoms with E-state index in [1.807, 2.05) is 20.8 Å². The maximum atomic E-state index is 9.71. The number of aliphatic hydroxyl groups is 1. The van der Waals surface area contributed by atoms with E-state index in [0.29, 0.717) is 6.61 Å². The predicted octanol–water partition coefficient (Wildman–Crippen LogP) is 0.628. The number of methoxy groups -OCH3 is 1. The molecule has 0 spiro atoms. The average Bonchev–Trinajstić information content (AvgIpc) is 2.04. The first kappa shape index (κ1) is 11.9. The van der Waals surface area contributed by atoms with E-state index in [1.54, 1.807) is 7.11 Å². The first-order valence-electron chi connectivity index (χ1n) is 4.53. The largest absolute Gasteiger partial charge is 0.391 e. The Morgan fingerprint density at radius 1 is 1.42 bits per heavy atom. The summed E-state index contributed by atoms with van der Waals surface area (Å²) in [6.45, 7) is 7.50. The van der Waals surface area contributed by atoms with E-state index < -0.39 is 0 Å². The summed E-state index contributed by atoms with van der Waals surface area (Å²) in [5.74, 6) is 0.184. The lowest BCUT2D eigenvalue weighted by atomic mass is 10.00. The van der Waals surface area contributed by atoms with Crippen molar-refractivity contribution in [2.45, 2.75) is 32.9 Å². The monoisotopic (exact) mass is 175 g/mol. The van der Waals surface area contributed by atoms with E-state index in [1.165, 1.54) is 0 Å². The zero-order valence-electron chi connectivity index (χ0n) is 8.50. The Bertz CT molecular complexity index is 96.7. The first-order valence-corrected chi connectivity index (χ1v) is 4.53. The smallest absolute Gasteiger partial charge is 0.0737 e. The molecule has 3 unspecified atom stereocenters. The molecule has 3 nitrogen and oxygen atoms in total. The van der Waals surface area contributed by atoms with Crippen molar-refractivity contribution < 1.29 is 9.84 Å². The van der Waals surface area contributed by atoms with Crippen LogP contribution in [0.3, 0.4) is 0 Å². The van der Waals surface area contributed by atoms with Gasteiger partial charge in [-0.2, -0.15) is 0 Å². The second-order valence-electron chi connectivity index (χ2n) is 3.27. The molecule has 3 atom stereocenters. The van der Waals surface area contributed by atoms with Crippen LogP contribution in [-0.4, -0.2) is 37.5 Å². The minimum absolute atomic E-state index is 0.139. The zero-order valence-corrected chi connectivity index (χ0v) is 8.50. The van der Waals surface area contributed by atoms with E-state index >= 15 is 0 Å². The SMILES string of the molecule is CCNC(C)C(O)C(C)COC. The quantitative estimate of drug-likeness (QED) is 0.622. The molecule has 2 N–H and O–H groups in total. The summed E-state index contributed by atoms with van der Waals surface area (Å²) in [6.07, 6.45) is -0.329. The molecule has 0 aromatic carbocycles. The topological polar surface area (TPSA) is 41.5 Å². The van der Waals surface area contributed by atoms with Crippen molar-refractivity contribution in [2.75, 3.05) is 20.3 Å². The molecule has 0 aliphatic carbocycles. The molecule has 0 rings (SSSR count). The van der Waals surface area contributed by atoms with Crippen molar-refractivity contribution in [3.05, 3.63) is 0 Å². The van der Waals surface area contributed by atoms with Crippen molar-refractivity contribution in [2.24, 2.45) is 5.92 Å². The lowest BCUT2D eigenvalue weighted by Gasteiger charge is -2.24. The molecular weight excluding hydrogens is 154 g/mol. The molecule has 0 aromatic rings. The molecule has 3 heteroatoms. The third-order valence-electron chi connectivity index (χ3n) is 2.05. The second kappa shape index (κ2) is 6.40. The normalized spacial score (nSPS) is 18.8. The fourth-order valence-electron chi connectivity index (χ4n) is 1.30. The molecule has 0 fully saturated rings. The minimum atomic E-state index is -0.329. The van der Waals surface area contributed by atoms with Crippen LogP contribution in [-0.2, 0) is 4.74 Å². The van der Waals surface area contributed by atoms with Gasteiger partial charge < -0.3 is 15.2 Å². The number of nitrogens with one attached hydrogen (secondary N) is 1. The standard InChI is InChI=1S/C9H21NO2/c1-5-10-8(3)9(11)7(2)6-12-4/h7-11H,5-6H2,1-4H3. The van der Waals surface area contributed by atoms with Crippen LogP contribution in [0.1, 0.15) is 20.8 Å². The molecule has 0 heterocycles. The minimum Gasteiger partial charge on any atom is -0.391 e. The Hall–Kier alpha value is -0.120. The number of hydrogen-bond donors (Lipinski definition) is 2. The lowest BCUT2D eigenvalue weighted by Crippen LogP contribution is -2.42. The van der Waals surface area contributed by atoms with Crippen molar-refractivity contribution in [3.63, 3.8) is 0 Å². The van der Waals surface area contributed by atoms with Crippen molar-refractivity contribution in [1.82, 2.24) is 5.32 Å². The van der Waals surface area contributed by atoms with E-state index in [-0.39, 0.29) is 18.1 Å². The summed E-state index contributed by atoms with van der Waals surface area (Å²) in [5.41, 5.74) is 0. The fraction of sp³-hybridized carbons (Fsp3) is 1.00. The summed E-state index contributed by atoms with van der Waals surface area (Å²) >= 11 is 0. The molecule has 0 bridgehead atoms. The highest BCUT2D eigenvalue weighted by atomic mass is 16.5. The number of likely N-dealkylation sites (N-methyl/N-ethyl adjacent to an activating group) is 1. The van der Waals surface area contributed by atoms with Gasteiger partial charge in [0.05, 0.1) is 12.7 Å². The fourth-order valence-corrected chi connectivity index (χ4v) is 1.30. The van der Waals surface area contributed by atoms with E-state index in [9.17, 15) is 5.11 Å². The summed E-state index contributed by atoms with van der Waals surface area (Å²) < 4.78 is 4.97. The van der Waals surface area contributed by atoms with Crippen molar-refractivity contribution in [3.8, 4) is 0 Å². The van der Waals surface area contributed by atoms with Gasteiger partial charge in [0.25, 0.3) is 0 Å². The molecule has 0 saturated carbocycles. The Labute approximate surface area is 75.1 Å². The number of aliphatic hydroxyl groups excluding tert-OH is 1. The molecule has 0 radical (unpaired) electrons. The number of ether oxygens (including phenoxy) is 1. The predicted molar refractivity (Wildman–Crippen MR) is 50.2 cm³/mol. The van der Waals surface area contributed by atoms with E-state index in [4.69, 9.17) is 4.74 Å². The molecule has 0 aliphatic rings.